The van der Waals surface area contributed by atoms with E-state index >= 15 is 0 Å². The predicted octanol–water partition coefficient (Wildman–Crippen LogP) is 3.53. The molecule has 1 aliphatic heterocycles. The standard InChI is InChI=1S/C18H20N4OS2/c23-18(10-13-5-9-24-12-13)19-14-3-6-22(7-4-14)17-11-15(20-21-17)16-2-1-8-25-16/h1-2,5,8-9,11-12,14H,3-4,6-7,10H2,(H,19,23)(H,20,21). The van der Waals surface area contributed by atoms with Gasteiger partial charge in [-0.25, -0.2) is 0 Å². The van der Waals surface area contributed by atoms with Crippen LogP contribution in [0.4, 0.5) is 5.82 Å². The number of H-pyrrole nitrogens is 1. The van der Waals surface area contributed by atoms with Crippen molar-refractivity contribution < 1.29 is 4.79 Å². The van der Waals surface area contributed by atoms with Crippen LogP contribution in [-0.4, -0.2) is 35.2 Å². The van der Waals surface area contributed by atoms with Gasteiger partial charge in [0.2, 0.25) is 5.91 Å². The van der Waals surface area contributed by atoms with Crippen LogP contribution in [0.15, 0.2) is 40.4 Å². The summed E-state index contributed by atoms with van der Waals surface area (Å²) in [6, 6.07) is 8.52. The first-order valence-electron chi connectivity index (χ1n) is 8.42. The van der Waals surface area contributed by atoms with Crippen LogP contribution < -0.4 is 10.2 Å². The Morgan fingerprint density at radius 1 is 1.32 bits per heavy atom. The molecule has 0 aliphatic carbocycles. The van der Waals surface area contributed by atoms with Crippen molar-refractivity contribution in [2.24, 2.45) is 0 Å². The van der Waals surface area contributed by atoms with Gasteiger partial charge in [-0.05, 0) is 46.7 Å². The first kappa shape index (κ1) is 16.4. The quantitative estimate of drug-likeness (QED) is 0.720. The molecule has 25 heavy (non-hydrogen) atoms. The highest BCUT2D eigenvalue weighted by atomic mass is 32.1. The molecule has 2 N–H and O–H groups in total. The summed E-state index contributed by atoms with van der Waals surface area (Å²) in [6.07, 6.45) is 2.39. The molecule has 130 valence electrons. The zero-order chi connectivity index (χ0) is 17.1. The number of aromatic nitrogens is 2. The van der Waals surface area contributed by atoms with Crippen LogP contribution in [0.3, 0.4) is 0 Å². The number of thiophene rings is 2. The lowest BCUT2D eigenvalue weighted by molar-refractivity contribution is -0.121. The van der Waals surface area contributed by atoms with Gasteiger partial charge in [-0.1, -0.05) is 6.07 Å². The van der Waals surface area contributed by atoms with Crippen molar-refractivity contribution in [1.29, 1.82) is 0 Å². The zero-order valence-electron chi connectivity index (χ0n) is 13.8. The molecule has 0 unspecified atom stereocenters. The molecule has 0 saturated carbocycles. The van der Waals surface area contributed by atoms with Crippen molar-refractivity contribution in [2.75, 3.05) is 18.0 Å². The van der Waals surface area contributed by atoms with Gasteiger partial charge in [0.25, 0.3) is 0 Å². The van der Waals surface area contributed by atoms with Gasteiger partial charge in [0.05, 0.1) is 17.0 Å². The van der Waals surface area contributed by atoms with Gasteiger partial charge in [-0.15, -0.1) is 11.3 Å². The van der Waals surface area contributed by atoms with Crippen LogP contribution in [0.1, 0.15) is 18.4 Å². The molecule has 1 amide bonds. The number of carbonyl (C=O) groups excluding carboxylic acids is 1. The molecule has 0 radical (unpaired) electrons. The Morgan fingerprint density at radius 2 is 2.20 bits per heavy atom. The first-order chi connectivity index (χ1) is 12.3. The molecule has 1 saturated heterocycles. The molecule has 0 spiro atoms. The molecule has 3 aromatic heterocycles. The molecule has 4 heterocycles. The molecule has 1 fully saturated rings. The van der Waals surface area contributed by atoms with Crippen LogP contribution in [0.2, 0.25) is 0 Å². The fourth-order valence-corrected chi connectivity index (χ4v) is 4.50. The lowest BCUT2D eigenvalue weighted by Gasteiger charge is -2.32. The lowest BCUT2D eigenvalue weighted by atomic mass is 10.0. The molecule has 1 aliphatic rings. The predicted molar refractivity (Wildman–Crippen MR) is 103 cm³/mol. The van der Waals surface area contributed by atoms with E-state index < -0.39 is 0 Å². The molecule has 3 aromatic rings. The maximum atomic E-state index is 12.1. The second-order valence-electron chi connectivity index (χ2n) is 6.25. The summed E-state index contributed by atoms with van der Waals surface area (Å²) in [5, 5.41) is 16.9. The number of amides is 1. The maximum absolute atomic E-state index is 12.1. The van der Waals surface area contributed by atoms with Gasteiger partial charge < -0.3 is 10.2 Å². The van der Waals surface area contributed by atoms with Crippen LogP contribution in [-0.2, 0) is 11.2 Å². The fourth-order valence-electron chi connectivity index (χ4n) is 3.14. The molecule has 4 rings (SSSR count). The maximum Gasteiger partial charge on any atom is 0.224 e. The minimum Gasteiger partial charge on any atom is -0.355 e. The Morgan fingerprint density at radius 3 is 2.92 bits per heavy atom. The third-order valence-corrected chi connectivity index (χ3v) is 6.12. The Kier molecular flexibility index (Phi) is 4.85. The second-order valence-corrected chi connectivity index (χ2v) is 7.98. The van der Waals surface area contributed by atoms with Gasteiger partial charge >= 0.3 is 0 Å². The minimum absolute atomic E-state index is 0.122. The number of piperidine rings is 1. The Balaban J connectivity index is 1.29. The van der Waals surface area contributed by atoms with Gasteiger partial charge in [0.15, 0.2) is 5.82 Å². The van der Waals surface area contributed by atoms with Crippen molar-refractivity contribution in [3.63, 3.8) is 0 Å². The number of nitrogens with one attached hydrogen (secondary N) is 2. The summed E-state index contributed by atoms with van der Waals surface area (Å²) in [5.74, 6) is 1.11. The minimum atomic E-state index is 0.122. The fraction of sp³-hybridized carbons (Fsp3) is 0.333. The smallest absolute Gasteiger partial charge is 0.224 e. The monoisotopic (exact) mass is 372 g/mol. The van der Waals surface area contributed by atoms with E-state index in [1.54, 1.807) is 22.7 Å². The van der Waals surface area contributed by atoms with Gasteiger partial charge in [0, 0.05) is 25.2 Å². The summed E-state index contributed by atoms with van der Waals surface area (Å²) in [5.41, 5.74) is 2.16. The molecule has 0 atom stereocenters. The average molecular weight is 373 g/mol. The summed E-state index contributed by atoms with van der Waals surface area (Å²) in [4.78, 5) is 15.6. The van der Waals surface area contributed by atoms with Crippen LogP contribution in [0, 0.1) is 0 Å². The SMILES string of the molecule is O=C(Cc1ccsc1)NC1CCN(c2cc(-c3cccs3)[nH]n2)CC1. The van der Waals surface area contributed by atoms with Crippen LogP contribution in [0.5, 0.6) is 0 Å². The number of aromatic amines is 1. The largest absolute Gasteiger partial charge is 0.355 e. The topological polar surface area (TPSA) is 61.0 Å². The molecule has 5 nitrogen and oxygen atoms in total. The molecule has 0 aromatic carbocycles. The Labute approximate surface area is 154 Å². The van der Waals surface area contributed by atoms with Crippen molar-refractivity contribution in [1.82, 2.24) is 15.5 Å². The highest BCUT2D eigenvalue weighted by Crippen LogP contribution is 2.27. The van der Waals surface area contributed by atoms with Crippen molar-refractivity contribution in [3.05, 3.63) is 46.0 Å². The van der Waals surface area contributed by atoms with Gasteiger partial charge in [0.1, 0.15) is 0 Å². The van der Waals surface area contributed by atoms with E-state index in [-0.39, 0.29) is 11.9 Å². The zero-order valence-corrected chi connectivity index (χ0v) is 15.4. The van der Waals surface area contributed by atoms with E-state index in [1.165, 1.54) is 4.88 Å². The highest BCUT2D eigenvalue weighted by molar-refractivity contribution is 7.13. The normalized spacial score (nSPS) is 15.4. The Bertz CT molecular complexity index is 802. The van der Waals surface area contributed by atoms with Gasteiger partial charge in [-0.2, -0.15) is 16.4 Å². The summed E-state index contributed by atoms with van der Waals surface area (Å²) >= 11 is 3.34. The lowest BCUT2D eigenvalue weighted by Crippen LogP contribution is -2.45. The summed E-state index contributed by atoms with van der Waals surface area (Å²) in [6.45, 7) is 1.83. The summed E-state index contributed by atoms with van der Waals surface area (Å²) < 4.78 is 0. The number of nitrogens with zero attached hydrogens (tertiary/aromatic N) is 2. The molecule has 7 heteroatoms. The van der Waals surface area contributed by atoms with E-state index in [9.17, 15) is 4.79 Å². The first-order valence-corrected chi connectivity index (χ1v) is 10.2. The van der Waals surface area contributed by atoms with Crippen LogP contribution in [0.25, 0.3) is 10.6 Å². The van der Waals surface area contributed by atoms with Crippen molar-refractivity contribution in [2.45, 2.75) is 25.3 Å². The highest BCUT2D eigenvalue weighted by Gasteiger charge is 2.22. The molecule has 0 bridgehead atoms. The number of carbonyl (C=O) groups is 1. The summed E-state index contributed by atoms with van der Waals surface area (Å²) in [7, 11) is 0. The van der Waals surface area contributed by atoms with E-state index in [4.69, 9.17) is 0 Å². The average Bonchev–Trinajstić information content (AvgIpc) is 3.37. The van der Waals surface area contributed by atoms with E-state index in [0.717, 1.165) is 43.0 Å². The third-order valence-electron chi connectivity index (χ3n) is 4.48. The van der Waals surface area contributed by atoms with E-state index in [1.807, 2.05) is 22.9 Å². The number of rotatable bonds is 5. The Hall–Kier alpha value is -2.12. The van der Waals surface area contributed by atoms with Crippen molar-refractivity contribution >= 4 is 34.4 Å². The molecular formula is C18H20N4OS2. The third kappa shape index (κ3) is 3.93. The van der Waals surface area contributed by atoms with E-state index in [2.05, 4.69) is 37.9 Å². The van der Waals surface area contributed by atoms with Crippen LogP contribution >= 0.6 is 22.7 Å². The van der Waals surface area contributed by atoms with Gasteiger partial charge in [-0.3, -0.25) is 9.89 Å². The number of hydrogen-bond donors (Lipinski definition) is 2. The number of anilines is 1. The second kappa shape index (κ2) is 7.41. The number of hydrogen-bond acceptors (Lipinski definition) is 5. The van der Waals surface area contributed by atoms with Crippen molar-refractivity contribution in [3.8, 4) is 10.6 Å². The molecular weight excluding hydrogens is 352 g/mol. The van der Waals surface area contributed by atoms with E-state index in [0.29, 0.717) is 6.42 Å².